The highest BCUT2D eigenvalue weighted by Crippen LogP contribution is 2.66. The largest absolute Gasteiger partial charge is 0.330 e. The molecule has 5 aliphatic carbocycles. The quantitative estimate of drug-likeness (QED) is 0.759. The molecule has 1 amide bonds. The number of rotatable bonds is 4. The lowest BCUT2D eigenvalue weighted by Gasteiger charge is -2.61. The minimum Gasteiger partial charge on any atom is -0.330 e. The molecule has 0 radical (unpaired) electrons. The van der Waals surface area contributed by atoms with Gasteiger partial charge in [0.15, 0.2) is 0 Å². The predicted molar refractivity (Wildman–Crippen MR) is 113 cm³/mol. The summed E-state index contributed by atoms with van der Waals surface area (Å²) in [5.41, 5.74) is 7.30. The Morgan fingerprint density at radius 2 is 1.71 bits per heavy atom. The van der Waals surface area contributed by atoms with Crippen molar-refractivity contribution >= 4 is 12.1 Å². The molecule has 0 spiro atoms. The van der Waals surface area contributed by atoms with Gasteiger partial charge in [0.05, 0.1) is 5.41 Å². The zero-order valence-corrected chi connectivity index (χ0v) is 17.0. The van der Waals surface area contributed by atoms with E-state index in [0.29, 0.717) is 23.7 Å². The molecule has 2 N–H and O–H groups in total. The van der Waals surface area contributed by atoms with Crippen molar-refractivity contribution in [1.29, 1.82) is 0 Å². The first-order chi connectivity index (χ1) is 13.6. The van der Waals surface area contributed by atoms with Crippen LogP contribution < -0.4 is 5.73 Å². The van der Waals surface area contributed by atoms with E-state index < -0.39 is 0 Å². The van der Waals surface area contributed by atoms with Gasteiger partial charge >= 0.3 is 0 Å². The highest BCUT2D eigenvalue weighted by atomic mass is 16.1. The fraction of sp³-hybridized carbons (Fsp3) is 0.680. The molecule has 0 aliphatic heterocycles. The first-order valence-electron chi connectivity index (χ1n) is 11.5. The van der Waals surface area contributed by atoms with E-state index in [0.717, 1.165) is 38.6 Å². The molecule has 150 valence electrons. The van der Waals surface area contributed by atoms with Crippen LogP contribution >= 0.6 is 0 Å². The Bertz CT molecular complexity index is 733. The minimum atomic E-state index is -0.190. The number of nitrogens with two attached hydrogens (primary N) is 1. The second-order valence-electron chi connectivity index (χ2n) is 10.5. The molecule has 3 heteroatoms. The molecule has 1 aromatic carbocycles. The van der Waals surface area contributed by atoms with Gasteiger partial charge in [0.25, 0.3) is 5.91 Å². The van der Waals surface area contributed by atoms with E-state index in [-0.39, 0.29) is 16.7 Å². The molecular weight excluding hydrogens is 344 g/mol. The molecule has 0 heterocycles. The lowest BCUT2D eigenvalue weighted by Crippen LogP contribution is -2.56. The summed E-state index contributed by atoms with van der Waals surface area (Å²) in [5.74, 6) is 2.77. The number of carbonyl (C=O) groups excluding carboxylic acids is 1. The lowest BCUT2D eigenvalue weighted by molar-refractivity contribution is -0.145. The number of carbonyl (C=O) groups is 1. The van der Waals surface area contributed by atoms with Gasteiger partial charge in [-0.15, -0.1) is 0 Å². The molecule has 1 aromatic rings. The minimum absolute atomic E-state index is 0.190. The molecule has 28 heavy (non-hydrogen) atoms. The molecule has 0 aromatic heterocycles. The zero-order chi connectivity index (χ0) is 19.2. The predicted octanol–water partition coefficient (Wildman–Crippen LogP) is 4.89. The van der Waals surface area contributed by atoms with Crippen LogP contribution in [0.3, 0.4) is 0 Å². The highest BCUT2D eigenvalue weighted by Gasteiger charge is 2.60. The van der Waals surface area contributed by atoms with E-state index in [1.165, 1.54) is 37.7 Å². The molecule has 6 rings (SSSR count). The summed E-state index contributed by atoms with van der Waals surface area (Å²) in [6, 6.07) is 11.0. The number of amides is 1. The third kappa shape index (κ3) is 3.16. The summed E-state index contributed by atoms with van der Waals surface area (Å²) in [7, 11) is 0. The standard InChI is InChI=1S/C25H34N2O/c26-15-18-6-8-19(9-7-18)16-27-23(28)25-13-20-10-21(14-25)12-24(11-20,17-25)22-4-2-1-3-5-22/h1-5,16,18-21H,6-15,17,26H2/b27-16+. The van der Waals surface area contributed by atoms with Crippen molar-refractivity contribution in [3.63, 3.8) is 0 Å². The van der Waals surface area contributed by atoms with E-state index >= 15 is 0 Å². The van der Waals surface area contributed by atoms with E-state index in [1.807, 2.05) is 6.21 Å². The molecule has 4 bridgehead atoms. The Morgan fingerprint density at radius 1 is 1.04 bits per heavy atom. The first kappa shape index (κ1) is 18.5. The van der Waals surface area contributed by atoms with Gasteiger partial charge in [-0.3, -0.25) is 4.79 Å². The second-order valence-corrected chi connectivity index (χ2v) is 10.5. The van der Waals surface area contributed by atoms with Crippen LogP contribution in [0.15, 0.2) is 35.3 Å². The van der Waals surface area contributed by atoms with Crippen molar-refractivity contribution in [1.82, 2.24) is 0 Å². The average molecular weight is 379 g/mol. The maximum Gasteiger partial charge on any atom is 0.251 e. The van der Waals surface area contributed by atoms with Crippen molar-refractivity contribution in [2.24, 2.45) is 39.8 Å². The summed E-state index contributed by atoms with van der Waals surface area (Å²) in [6.45, 7) is 0.802. The smallest absolute Gasteiger partial charge is 0.251 e. The van der Waals surface area contributed by atoms with Crippen LogP contribution in [0.5, 0.6) is 0 Å². The van der Waals surface area contributed by atoms with Crippen molar-refractivity contribution < 1.29 is 4.79 Å². The van der Waals surface area contributed by atoms with Crippen LogP contribution in [-0.4, -0.2) is 18.7 Å². The molecule has 5 saturated carbocycles. The van der Waals surface area contributed by atoms with Gasteiger partial charge in [0.1, 0.15) is 0 Å². The van der Waals surface area contributed by atoms with Crippen LogP contribution in [-0.2, 0) is 10.2 Å². The summed E-state index contributed by atoms with van der Waals surface area (Å²) < 4.78 is 0. The van der Waals surface area contributed by atoms with Gasteiger partial charge < -0.3 is 5.73 Å². The number of benzene rings is 1. The number of nitrogens with zero attached hydrogens (tertiary/aromatic N) is 1. The van der Waals surface area contributed by atoms with Gasteiger partial charge in [0, 0.05) is 6.21 Å². The fourth-order valence-electron chi connectivity index (χ4n) is 7.53. The Kier molecular flexibility index (Phi) is 4.70. The van der Waals surface area contributed by atoms with Crippen LogP contribution in [0.25, 0.3) is 0 Å². The van der Waals surface area contributed by atoms with E-state index in [4.69, 9.17) is 5.73 Å². The van der Waals surface area contributed by atoms with Crippen molar-refractivity contribution in [3.05, 3.63) is 35.9 Å². The fourth-order valence-corrected chi connectivity index (χ4v) is 7.53. The molecule has 2 atom stereocenters. The number of aliphatic imine (C=N–C) groups is 1. The molecule has 5 fully saturated rings. The van der Waals surface area contributed by atoms with E-state index in [1.54, 1.807) is 0 Å². The topological polar surface area (TPSA) is 55.4 Å². The summed E-state index contributed by atoms with van der Waals surface area (Å²) in [4.78, 5) is 18.0. The van der Waals surface area contributed by atoms with Gasteiger partial charge in [-0.1, -0.05) is 30.3 Å². The average Bonchev–Trinajstić information content (AvgIpc) is 2.72. The van der Waals surface area contributed by atoms with Gasteiger partial charge in [-0.25, -0.2) is 4.99 Å². The van der Waals surface area contributed by atoms with Crippen LogP contribution in [0.2, 0.25) is 0 Å². The number of hydrogen-bond acceptors (Lipinski definition) is 2. The summed E-state index contributed by atoms with van der Waals surface area (Å²) in [6.07, 6.45) is 13.7. The number of hydrogen-bond donors (Lipinski definition) is 1. The van der Waals surface area contributed by atoms with E-state index in [9.17, 15) is 4.79 Å². The maximum absolute atomic E-state index is 13.4. The van der Waals surface area contributed by atoms with Gasteiger partial charge in [0.2, 0.25) is 0 Å². The maximum atomic E-state index is 13.4. The van der Waals surface area contributed by atoms with Gasteiger partial charge in [-0.2, -0.15) is 0 Å². The van der Waals surface area contributed by atoms with Gasteiger partial charge in [-0.05, 0) is 105 Å². The van der Waals surface area contributed by atoms with Crippen LogP contribution in [0, 0.1) is 29.1 Å². The van der Waals surface area contributed by atoms with Crippen molar-refractivity contribution in [3.8, 4) is 0 Å². The third-order valence-electron chi connectivity index (χ3n) is 8.53. The Morgan fingerprint density at radius 3 is 2.36 bits per heavy atom. The van der Waals surface area contributed by atoms with Crippen molar-refractivity contribution in [2.75, 3.05) is 6.54 Å². The Labute approximate surface area is 169 Å². The summed E-state index contributed by atoms with van der Waals surface area (Å²) in [5, 5.41) is 0. The molecule has 5 aliphatic rings. The SMILES string of the molecule is NCC1CCC(/C=N/C(=O)C23CC4CC(C2)CC(c2ccccc2)(C4)C3)CC1. The Hall–Kier alpha value is -1.48. The molecule has 2 unspecified atom stereocenters. The van der Waals surface area contributed by atoms with Crippen LogP contribution in [0.4, 0.5) is 0 Å². The lowest BCUT2D eigenvalue weighted by atomic mass is 9.42. The molecular formula is C25H34N2O. The van der Waals surface area contributed by atoms with Crippen molar-refractivity contribution in [2.45, 2.75) is 69.6 Å². The normalized spacial score (nSPS) is 42.2. The molecule has 3 nitrogen and oxygen atoms in total. The summed E-state index contributed by atoms with van der Waals surface area (Å²) >= 11 is 0. The monoisotopic (exact) mass is 378 g/mol. The second kappa shape index (κ2) is 7.09. The zero-order valence-electron chi connectivity index (χ0n) is 17.0. The molecule has 0 saturated heterocycles. The highest BCUT2D eigenvalue weighted by molar-refractivity contribution is 5.90. The first-order valence-corrected chi connectivity index (χ1v) is 11.5. The third-order valence-corrected chi connectivity index (χ3v) is 8.53. The Balaban J connectivity index is 1.35. The van der Waals surface area contributed by atoms with E-state index in [2.05, 4.69) is 35.3 Å². The van der Waals surface area contributed by atoms with Crippen LogP contribution in [0.1, 0.15) is 69.8 Å².